The van der Waals surface area contributed by atoms with Crippen molar-refractivity contribution < 1.29 is 19.4 Å². The van der Waals surface area contributed by atoms with E-state index < -0.39 is 0 Å². The first kappa shape index (κ1) is 29.0. The largest absolute Gasteiger partial charge is 0.394 e. The van der Waals surface area contributed by atoms with E-state index in [1.54, 1.807) is 27.7 Å². The Labute approximate surface area is 231 Å². The average molecular weight is 542 g/mol. The molecule has 2 aliphatic rings. The molecular weight excluding hydrogens is 498 g/mol. The summed E-state index contributed by atoms with van der Waals surface area (Å²) in [4.78, 5) is 34.5. The molecule has 0 radical (unpaired) electrons. The summed E-state index contributed by atoms with van der Waals surface area (Å²) in [6, 6.07) is 7.53. The predicted octanol–water partition coefficient (Wildman–Crippen LogP) is 1.33. The van der Waals surface area contributed by atoms with Crippen LogP contribution in [0.25, 0.3) is 0 Å². The molecule has 11 nitrogen and oxygen atoms in total. The van der Waals surface area contributed by atoms with E-state index in [-0.39, 0.29) is 36.5 Å². The lowest BCUT2D eigenvalue weighted by atomic mass is 10.0. The van der Waals surface area contributed by atoms with E-state index in [0.717, 1.165) is 37.6 Å². The van der Waals surface area contributed by atoms with E-state index in [1.165, 1.54) is 0 Å². The van der Waals surface area contributed by atoms with Gasteiger partial charge in [-0.15, -0.1) is 5.10 Å². The Morgan fingerprint density at radius 3 is 2.59 bits per heavy atom. The van der Waals surface area contributed by atoms with Crippen LogP contribution in [0.5, 0.6) is 0 Å². The number of carbonyl (C=O) groups excluding carboxylic acids is 2. The topological polar surface area (TPSA) is 107 Å². The van der Waals surface area contributed by atoms with E-state index >= 15 is 0 Å². The Bertz CT molecular complexity index is 1080. The van der Waals surface area contributed by atoms with Crippen LogP contribution in [0.15, 0.2) is 30.5 Å². The standard InChI is InChI=1S/C28H43N7O4/c1-21-17-34(22(2)19-36)27(37)6-5-11-35-25(16-29-30-35)20-39-26(21)18-32(4)28(38)23-7-9-24(10-8-23)33-14-12-31(3)13-15-33/h7-10,16,21-22,26,36H,5-6,11-15,17-20H2,1-4H3/t21-,22-,26+/m1/s1. The number of aryl methyl sites for hydroxylation is 1. The Morgan fingerprint density at radius 1 is 1.18 bits per heavy atom. The molecule has 1 aromatic carbocycles. The molecule has 2 aliphatic heterocycles. The van der Waals surface area contributed by atoms with Gasteiger partial charge in [-0.3, -0.25) is 9.59 Å². The number of aliphatic hydroxyl groups excluding tert-OH is 1. The Hall–Kier alpha value is -3.02. The minimum atomic E-state index is -0.340. The minimum absolute atomic E-state index is 0.00531. The second kappa shape index (κ2) is 13.4. The number of aromatic nitrogens is 3. The average Bonchev–Trinajstić information content (AvgIpc) is 3.39. The molecule has 0 spiro atoms. The van der Waals surface area contributed by atoms with E-state index in [0.29, 0.717) is 44.6 Å². The second-order valence-corrected chi connectivity index (χ2v) is 11.0. The third-order valence-electron chi connectivity index (χ3n) is 7.92. The summed E-state index contributed by atoms with van der Waals surface area (Å²) in [7, 11) is 3.92. The molecule has 0 aliphatic carbocycles. The summed E-state index contributed by atoms with van der Waals surface area (Å²) >= 11 is 0. The van der Waals surface area contributed by atoms with Gasteiger partial charge in [-0.05, 0) is 44.7 Å². The second-order valence-electron chi connectivity index (χ2n) is 11.0. The predicted molar refractivity (Wildman–Crippen MR) is 148 cm³/mol. The summed E-state index contributed by atoms with van der Waals surface area (Å²) in [6.07, 6.45) is 2.34. The number of likely N-dealkylation sites (N-methyl/N-ethyl adjacent to an activating group) is 2. The number of nitrogens with zero attached hydrogens (tertiary/aromatic N) is 7. The van der Waals surface area contributed by atoms with Gasteiger partial charge < -0.3 is 29.4 Å². The lowest BCUT2D eigenvalue weighted by Gasteiger charge is -2.35. The molecule has 1 N–H and O–H groups in total. The minimum Gasteiger partial charge on any atom is -0.394 e. The number of amides is 2. The van der Waals surface area contributed by atoms with Gasteiger partial charge in [0.2, 0.25) is 5.91 Å². The molecule has 2 amide bonds. The van der Waals surface area contributed by atoms with E-state index in [4.69, 9.17) is 4.74 Å². The third kappa shape index (κ3) is 7.34. The van der Waals surface area contributed by atoms with E-state index in [9.17, 15) is 14.7 Å². The van der Waals surface area contributed by atoms with Gasteiger partial charge in [0.25, 0.3) is 5.91 Å². The molecule has 4 rings (SSSR count). The van der Waals surface area contributed by atoms with E-state index in [1.807, 2.05) is 38.1 Å². The summed E-state index contributed by atoms with van der Waals surface area (Å²) in [5.74, 6) is -0.166. The zero-order valence-corrected chi connectivity index (χ0v) is 23.7. The fourth-order valence-electron chi connectivity index (χ4n) is 5.20. The summed E-state index contributed by atoms with van der Waals surface area (Å²) in [5, 5.41) is 18.0. The first-order valence-electron chi connectivity index (χ1n) is 13.9. The zero-order chi connectivity index (χ0) is 27.9. The highest BCUT2D eigenvalue weighted by Crippen LogP contribution is 2.21. The maximum Gasteiger partial charge on any atom is 0.253 e. The normalized spacial score (nSPS) is 22.5. The molecule has 214 valence electrons. The number of benzene rings is 1. The highest BCUT2D eigenvalue weighted by atomic mass is 16.5. The van der Waals surface area contributed by atoms with Gasteiger partial charge in [0.05, 0.1) is 37.3 Å². The summed E-state index contributed by atoms with van der Waals surface area (Å²) in [5.41, 5.74) is 2.60. The van der Waals surface area contributed by atoms with Gasteiger partial charge in [0.1, 0.15) is 0 Å². The van der Waals surface area contributed by atoms with Crippen LogP contribution in [-0.4, -0.2) is 119 Å². The molecular formula is C28H43N7O4. The van der Waals surface area contributed by atoms with Crippen LogP contribution in [0.1, 0.15) is 42.7 Å². The maximum atomic E-state index is 13.4. The molecule has 1 aromatic heterocycles. The fraction of sp³-hybridized carbons (Fsp3) is 0.643. The van der Waals surface area contributed by atoms with E-state index in [2.05, 4.69) is 27.2 Å². The van der Waals surface area contributed by atoms with Crippen LogP contribution >= 0.6 is 0 Å². The van der Waals surface area contributed by atoms with Crippen LogP contribution in [0, 0.1) is 5.92 Å². The van der Waals surface area contributed by atoms with Crippen molar-refractivity contribution in [3.8, 4) is 0 Å². The SMILES string of the molecule is C[C@@H]1CN([C@H](C)CO)C(=O)CCCn2nncc2CO[C@H]1CN(C)C(=O)c1ccc(N2CCN(C)CC2)cc1. The lowest BCUT2D eigenvalue weighted by Crippen LogP contribution is -2.48. The number of ether oxygens (including phenoxy) is 1. The molecule has 39 heavy (non-hydrogen) atoms. The van der Waals surface area contributed by atoms with Crippen molar-refractivity contribution in [2.24, 2.45) is 5.92 Å². The molecule has 0 saturated carbocycles. The summed E-state index contributed by atoms with van der Waals surface area (Å²) in [6.45, 7) is 9.44. The number of anilines is 1. The molecule has 0 bridgehead atoms. The van der Waals surface area contributed by atoms with Crippen molar-refractivity contribution in [3.05, 3.63) is 41.7 Å². The van der Waals surface area contributed by atoms with Gasteiger partial charge in [0, 0.05) is 76.5 Å². The van der Waals surface area contributed by atoms with Crippen molar-refractivity contribution in [1.29, 1.82) is 0 Å². The van der Waals surface area contributed by atoms with Gasteiger partial charge in [-0.25, -0.2) is 4.68 Å². The van der Waals surface area contributed by atoms with Gasteiger partial charge in [0.15, 0.2) is 0 Å². The molecule has 1 saturated heterocycles. The highest BCUT2D eigenvalue weighted by Gasteiger charge is 2.29. The van der Waals surface area contributed by atoms with Crippen molar-refractivity contribution >= 4 is 17.5 Å². The fourth-order valence-corrected chi connectivity index (χ4v) is 5.20. The monoisotopic (exact) mass is 541 g/mol. The molecule has 0 unspecified atom stereocenters. The number of hydrogen-bond acceptors (Lipinski definition) is 8. The first-order valence-corrected chi connectivity index (χ1v) is 13.9. The quantitative estimate of drug-likeness (QED) is 0.584. The van der Waals surface area contributed by atoms with Gasteiger partial charge in [-0.2, -0.15) is 0 Å². The number of fused-ring (bicyclic) bond motifs is 1. The lowest BCUT2D eigenvalue weighted by molar-refractivity contribution is -0.136. The molecule has 11 heteroatoms. The Kier molecular flexibility index (Phi) is 9.93. The molecule has 2 aromatic rings. The van der Waals surface area contributed by atoms with Crippen LogP contribution in [-0.2, 0) is 22.7 Å². The molecule has 3 atom stereocenters. The summed E-state index contributed by atoms with van der Waals surface area (Å²) < 4.78 is 8.14. The van der Waals surface area contributed by atoms with Crippen LogP contribution in [0.4, 0.5) is 5.69 Å². The number of carbonyl (C=O) groups is 2. The number of rotatable bonds is 6. The Balaban J connectivity index is 1.47. The zero-order valence-electron chi connectivity index (χ0n) is 23.7. The Morgan fingerprint density at radius 2 is 1.90 bits per heavy atom. The molecule has 3 heterocycles. The van der Waals surface area contributed by atoms with Crippen molar-refractivity contribution in [1.82, 2.24) is 29.7 Å². The highest BCUT2D eigenvalue weighted by molar-refractivity contribution is 5.94. The smallest absolute Gasteiger partial charge is 0.253 e. The number of piperazine rings is 1. The number of hydrogen-bond donors (Lipinski definition) is 1. The van der Waals surface area contributed by atoms with Crippen LogP contribution < -0.4 is 4.90 Å². The van der Waals surface area contributed by atoms with Crippen molar-refractivity contribution in [2.45, 2.75) is 52.0 Å². The van der Waals surface area contributed by atoms with Gasteiger partial charge in [-0.1, -0.05) is 12.1 Å². The van der Waals surface area contributed by atoms with Crippen LogP contribution in [0.3, 0.4) is 0 Å². The number of aliphatic hydroxyl groups is 1. The van der Waals surface area contributed by atoms with Gasteiger partial charge >= 0.3 is 0 Å². The first-order chi connectivity index (χ1) is 18.8. The van der Waals surface area contributed by atoms with Crippen molar-refractivity contribution in [2.75, 3.05) is 64.9 Å². The van der Waals surface area contributed by atoms with Crippen molar-refractivity contribution in [3.63, 3.8) is 0 Å². The third-order valence-corrected chi connectivity index (χ3v) is 7.92. The maximum absolute atomic E-state index is 13.4. The van der Waals surface area contributed by atoms with Crippen LogP contribution in [0.2, 0.25) is 0 Å². The molecule has 1 fully saturated rings.